The SMILES string of the molecule is CCCCCc1nnc(NC(=O)CN2C(=O)NC3(CCCc4ccccc43)C2=O)s1. The van der Waals surface area contributed by atoms with Crippen LogP contribution in [0.15, 0.2) is 24.3 Å². The summed E-state index contributed by atoms with van der Waals surface area (Å²) < 4.78 is 0. The lowest BCUT2D eigenvalue weighted by Gasteiger charge is -2.33. The van der Waals surface area contributed by atoms with Gasteiger partial charge in [0.2, 0.25) is 11.0 Å². The van der Waals surface area contributed by atoms with Crippen molar-refractivity contribution < 1.29 is 14.4 Å². The Morgan fingerprint density at radius 2 is 2.10 bits per heavy atom. The highest BCUT2D eigenvalue weighted by Crippen LogP contribution is 2.39. The lowest BCUT2D eigenvalue weighted by atomic mass is 9.76. The van der Waals surface area contributed by atoms with E-state index in [4.69, 9.17) is 0 Å². The molecule has 4 amide bonds. The number of imide groups is 1. The fourth-order valence-electron chi connectivity index (χ4n) is 4.19. The van der Waals surface area contributed by atoms with Crippen LogP contribution in [0.5, 0.6) is 0 Å². The largest absolute Gasteiger partial charge is 0.325 e. The molecule has 1 aromatic carbocycles. The van der Waals surface area contributed by atoms with Crippen molar-refractivity contribution in [3.05, 3.63) is 40.4 Å². The first-order valence-corrected chi connectivity index (χ1v) is 11.2. The molecule has 1 aliphatic carbocycles. The zero-order valence-corrected chi connectivity index (χ0v) is 17.8. The van der Waals surface area contributed by atoms with Crippen LogP contribution < -0.4 is 10.6 Å². The Labute approximate surface area is 179 Å². The lowest BCUT2D eigenvalue weighted by Crippen LogP contribution is -2.47. The van der Waals surface area contributed by atoms with Gasteiger partial charge < -0.3 is 5.32 Å². The van der Waals surface area contributed by atoms with E-state index in [2.05, 4.69) is 27.8 Å². The number of anilines is 1. The van der Waals surface area contributed by atoms with E-state index in [0.717, 1.165) is 59.6 Å². The minimum absolute atomic E-state index is 0.348. The number of carbonyl (C=O) groups is 3. The molecule has 8 nitrogen and oxygen atoms in total. The predicted octanol–water partition coefficient (Wildman–Crippen LogP) is 2.99. The Bertz CT molecular complexity index is 975. The summed E-state index contributed by atoms with van der Waals surface area (Å²) in [6, 6.07) is 7.14. The van der Waals surface area contributed by atoms with Crippen molar-refractivity contribution in [1.82, 2.24) is 20.4 Å². The number of hydrogen-bond acceptors (Lipinski definition) is 6. The highest BCUT2D eigenvalue weighted by Gasteiger charge is 2.54. The standard InChI is InChI=1S/C21H25N5O3S/c1-2-3-4-11-17-24-25-19(30-17)22-16(27)13-26-18(28)21(23-20(26)29)12-7-9-14-8-5-6-10-15(14)21/h5-6,8,10H,2-4,7,9,11-13H2,1H3,(H,23,29)(H,22,25,27). The lowest BCUT2D eigenvalue weighted by molar-refractivity contribution is -0.134. The predicted molar refractivity (Wildman–Crippen MR) is 113 cm³/mol. The summed E-state index contributed by atoms with van der Waals surface area (Å²) in [5.41, 5.74) is 0.827. The van der Waals surface area contributed by atoms with Crippen molar-refractivity contribution in [2.45, 2.75) is 57.4 Å². The summed E-state index contributed by atoms with van der Waals surface area (Å²) in [7, 11) is 0. The summed E-state index contributed by atoms with van der Waals surface area (Å²) in [5.74, 6) is -0.830. The molecule has 2 N–H and O–H groups in total. The van der Waals surface area contributed by atoms with E-state index in [1.165, 1.54) is 11.3 Å². The third kappa shape index (κ3) is 3.81. The number of aromatic nitrogens is 2. The van der Waals surface area contributed by atoms with Gasteiger partial charge in [0, 0.05) is 6.42 Å². The van der Waals surface area contributed by atoms with E-state index >= 15 is 0 Å². The molecular formula is C21H25N5O3S. The fourth-order valence-corrected chi connectivity index (χ4v) is 4.99. The molecule has 0 radical (unpaired) electrons. The minimum atomic E-state index is -1.07. The molecule has 2 heterocycles. The number of benzene rings is 1. The maximum Gasteiger partial charge on any atom is 0.325 e. The number of amides is 4. The molecule has 1 fully saturated rings. The first kappa shape index (κ1) is 20.5. The molecule has 158 valence electrons. The number of carbonyl (C=O) groups excluding carboxylic acids is 3. The molecule has 1 aliphatic heterocycles. The van der Waals surface area contributed by atoms with Crippen molar-refractivity contribution in [3.63, 3.8) is 0 Å². The summed E-state index contributed by atoms with van der Waals surface area (Å²) in [5, 5.41) is 14.9. The zero-order valence-electron chi connectivity index (χ0n) is 16.9. The molecule has 2 aliphatic rings. The molecule has 1 spiro atoms. The summed E-state index contributed by atoms with van der Waals surface area (Å²) in [6.07, 6.45) is 6.32. The Balaban J connectivity index is 1.43. The Morgan fingerprint density at radius 1 is 1.27 bits per heavy atom. The van der Waals surface area contributed by atoms with Crippen LogP contribution in [0.1, 0.15) is 55.2 Å². The first-order valence-electron chi connectivity index (χ1n) is 10.4. The van der Waals surface area contributed by atoms with E-state index in [9.17, 15) is 14.4 Å². The van der Waals surface area contributed by atoms with Crippen molar-refractivity contribution in [2.75, 3.05) is 11.9 Å². The molecule has 1 aromatic heterocycles. The summed E-state index contributed by atoms with van der Waals surface area (Å²) >= 11 is 1.33. The van der Waals surface area contributed by atoms with E-state index in [-0.39, 0.29) is 12.5 Å². The van der Waals surface area contributed by atoms with Gasteiger partial charge >= 0.3 is 6.03 Å². The summed E-state index contributed by atoms with van der Waals surface area (Å²) in [6.45, 7) is 1.79. The number of urea groups is 1. The molecule has 1 atom stereocenters. The van der Waals surface area contributed by atoms with E-state index in [1.54, 1.807) is 0 Å². The van der Waals surface area contributed by atoms with Crippen LogP contribution in [0, 0.1) is 0 Å². The van der Waals surface area contributed by atoms with Gasteiger partial charge in [-0.25, -0.2) is 4.79 Å². The quantitative estimate of drug-likeness (QED) is 0.522. The molecular weight excluding hydrogens is 402 g/mol. The monoisotopic (exact) mass is 427 g/mol. The number of rotatable bonds is 7. The molecule has 4 rings (SSSR count). The van der Waals surface area contributed by atoms with Crippen LogP contribution in [-0.2, 0) is 28.0 Å². The molecule has 1 unspecified atom stereocenters. The van der Waals surface area contributed by atoms with Gasteiger partial charge in [0.25, 0.3) is 5.91 Å². The maximum atomic E-state index is 13.2. The van der Waals surface area contributed by atoms with Gasteiger partial charge in [-0.3, -0.25) is 19.8 Å². The van der Waals surface area contributed by atoms with Gasteiger partial charge in [-0.2, -0.15) is 0 Å². The summed E-state index contributed by atoms with van der Waals surface area (Å²) in [4.78, 5) is 39.3. The fraction of sp³-hybridized carbons (Fsp3) is 0.476. The third-order valence-electron chi connectivity index (χ3n) is 5.66. The highest BCUT2D eigenvalue weighted by atomic mass is 32.1. The second-order valence-electron chi connectivity index (χ2n) is 7.74. The average molecular weight is 428 g/mol. The third-order valence-corrected chi connectivity index (χ3v) is 6.56. The molecule has 0 bridgehead atoms. The Morgan fingerprint density at radius 3 is 2.93 bits per heavy atom. The number of nitrogens with one attached hydrogen (secondary N) is 2. The normalized spacial score (nSPS) is 20.4. The van der Waals surface area contributed by atoms with Crippen molar-refractivity contribution >= 4 is 34.3 Å². The molecule has 9 heteroatoms. The van der Waals surface area contributed by atoms with E-state index in [0.29, 0.717) is 11.6 Å². The van der Waals surface area contributed by atoms with Gasteiger partial charge in [-0.05, 0) is 36.8 Å². The van der Waals surface area contributed by atoms with Gasteiger partial charge in [0.15, 0.2) is 0 Å². The Kier molecular flexibility index (Phi) is 5.80. The number of nitrogens with zero attached hydrogens (tertiary/aromatic N) is 3. The second kappa shape index (κ2) is 8.51. The topological polar surface area (TPSA) is 104 Å². The van der Waals surface area contributed by atoms with Crippen LogP contribution in [0.25, 0.3) is 0 Å². The molecule has 1 saturated heterocycles. The van der Waals surface area contributed by atoms with Gasteiger partial charge in [0.05, 0.1) is 0 Å². The van der Waals surface area contributed by atoms with Crippen LogP contribution in [0.3, 0.4) is 0 Å². The van der Waals surface area contributed by atoms with Crippen LogP contribution in [0.2, 0.25) is 0 Å². The van der Waals surface area contributed by atoms with E-state index < -0.39 is 17.5 Å². The van der Waals surface area contributed by atoms with Gasteiger partial charge in [0.1, 0.15) is 17.1 Å². The number of hydrogen-bond donors (Lipinski definition) is 2. The van der Waals surface area contributed by atoms with Crippen LogP contribution >= 0.6 is 11.3 Å². The second-order valence-corrected chi connectivity index (χ2v) is 8.81. The molecule has 2 aromatic rings. The maximum absolute atomic E-state index is 13.2. The molecule has 0 saturated carbocycles. The Hall–Kier alpha value is -2.81. The number of fused-ring (bicyclic) bond motifs is 2. The van der Waals surface area contributed by atoms with Crippen LogP contribution in [-0.4, -0.2) is 39.5 Å². The average Bonchev–Trinajstić information content (AvgIpc) is 3.27. The van der Waals surface area contributed by atoms with Gasteiger partial charge in [-0.1, -0.05) is 55.4 Å². The number of unbranched alkanes of at least 4 members (excludes halogenated alkanes) is 2. The van der Waals surface area contributed by atoms with Crippen LogP contribution in [0.4, 0.5) is 9.93 Å². The van der Waals surface area contributed by atoms with E-state index in [1.807, 2.05) is 24.3 Å². The molecule has 30 heavy (non-hydrogen) atoms. The first-order chi connectivity index (χ1) is 14.5. The smallest absolute Gasteiger partial charge is 0.319 e. The minimum Gasteiger partial charge on any atom is -0.319 e. The van der Waals surface area contributed by atoms with Crippen molar-refractivity contribution in [2.24, 2.45) is 0 Å². The zero-order chi connectivity index (χ0) is 21.1. The van der Waals surface area contributed by atoms with Gasteiger partial charge in [-0.15, -0.1) is 10.2 Å². The highest BCUT2D eigenvalue weighted by molar-refractivity contribution is 7.15. The van der Waals surface area contributed by atoms with Crippen molar-refractivity contribution in [3.8, 4) is 0 Å². The van der Waals surface area contributed by atoms with Crippen molar-refractivity contribution in [1.29, 1.82) is 0 Å². The number of aryl methyl sites for hydroxylation is 2.